The molecule has 2 aromatic rings. The van der Waals surface area contributed by atoms with Crippen molar-refractivity contribution in [3.8, 4) is 0 Å². The summed E-state index contributed by atoms with van der Waals surface area (Å²) >= 11 is 0. The van der Waals surface area contributed by atoms with Crippen LogP contribution in [-0.4, -0.2) is 49.4 Å². The predicted octanol–water partition coefficient (Wildman–Crippen LogP) is 2.00. The normalized spacial score (nSPS) is 13.2. The minimum Gasteiger partial charge on any atom is -0.467 e. The molecule has 1 atom stereocenters. The van der Waals surface area contributed by atoms with Crippen LogP contribution in [-0.2, 0) is 19.6 Å². The molecule has 170 valence electrons. The number of nitrogens with one attached hydrogen (secondary N) is 1. The van der Waals surface area contributed by atoms with Gasteiger partial charge < -0.3 is 10.5 Å². The van der Waals surface area contributed by atoms with Crippen molar-refractivity contribution in [2.75, 3.05) is 7.11 Å². The highest BCUT2D eigenvalue weighted by molar-refractivity contribution is 7.89. The first-order valence-corrected chi connectivity index (χ1v) is 10.9. The largest absolute Gasteiger partial charge is 0.467 e. The van der Waals surface area contributed by atoms with Gasteiger partial charge in [-0.05, 0) is 38.5 Å². The van der Waals surface area contributed by atoms with Crippen LogP contribution in [0.1, 0.15) is 25.0 Å². The summed E-state index contributed by atoms with van der Waals surface area (Å²) in [6, 6.07) is 12.3. The van der Waals surface area contributed by atoms with Crippen molar-refractivity contribution < 1.29 is 22.7 Å². The number of nitrogens with two attached hydrogens (primary N) is 1. The molecule has 1 unspecified atom stereocenters. The monoisotopic (exact) mass is 459 g/mol. The molecule has 3 N–H and O–H groups in total. The second kappa shape index (κ2) is 10.5. The van der Waals surface area contributed by atoms with Gasteiger partial charge in [0, 0.05) is 0 Å². The molecule has 0 saturated heterocycles. The Hall–Kier alpha value is -3.73. The first kappa shape index (κ1) is 24.5. The number of methoxy groups -OCH3 is 1. The van der Waals surface area contributed by atoms with Gasteiger partial charge in [0.05, 0.1) is 23.4 Å². The van der Waals surface area contributed by atoms with Gasteiger partial charge in [0.15, 0.2) is 0 Å². The van der Waals surface area contributed by atoms with Gasteiger partial charge in [-0.2, -0.15) is 23.0 Å². The summed E-state index contributed by atoms with van der Waals surface area (Å²) < 4.78 is 32.6. The molecule has 2 amide bonds. The zero-order chi connectivity index (χ0) is 23.9. The number of carbonyl (C=O) groups excluding carboxylic acids is 2. The van der Waals surface area contributed by atoms with E-state index in [4.69, 9.17) is 10.5 Å². The van der Waals surface area contributed by atoms with Gasteiger partial charge in [0.1, 0.15) is 0 Å². The highest BCUT2D eigenvalue weighted by Crippen LogP contribution is 2.22. The molecule has 0 aromatic heterocycles. The van der Waals surface area contributed by atoms with Crippen molar-refractivity contribution in [2.45, 2.75) is 31.7 Å². The maximum Gasteiger partial charge on any atom is 0.337 e. The fraction of sp³-hybridized carbons (Fsp3) is 0.238. The van der Waals surface area contributed by atoms with E-state index in [-0.39, 0.29) is 10.6 Å². The van der Waals surface area contributed by atoms with Gasteiger partial charge in [-0.1, -0.05) is 48.0 Å². The summed E-state index contributed by atoms with van der Waals surface area (Å²) in [5.41, 5.74) is 8.75. The third kappa shape index (κ3) is 5.91. The number of urea groups is 1. The molecular formula is C21H25N5O5S. The van der Waals surface area contributed by atoms with Crippen LogP contribution in [0, 0.1) is 6.92 Å². The number of carbonyl (C=O) groups is 2. The van der Waals surface area contributed by atoms with E-state index in [1.54, 1.807) is 49.4 Å². The van der Waals surface area contributed by atoms with Gasteiger partial charge in [-0.3, -0.25) is 0 Å². The molecule has 0 bridgehead atoms. The quantitative estimate of drug-likeness (QED) is 0.352. The number of esters is 1. The lowest BCUT2D eigenvalue weighted by Gasteiger charge is -2.27. The first-order valence-electron chi connectivity index (χ1n) is 9.47. The molecule has 32 heavy (non-hydrogen) atoms. The summed E-state index contributed by atoms with van der Waals surface area (Å²) in [4.78, 5) is 23.7. The van der Waals surface area contributed by atoms with Crippen LogP contribution >= 0.6 is 0 Å². The Morgan fingerprint density at radius 3 is 2.19 bits per heavy atom. The van der Waals surface area contributed by atoms with E-state index in [0.29, 0.717) is 15.7 Å². The number of sulfonamides is 1. The van der Waals surface area contributed by atoms with Crippen LogP contribution in [0.3, 0.4) is 0 Å². The molecule has 0 aliphatic rings. The van der Waals surface area contributed by atoms with Crippen molar-refractivity contribution in [1.82, 2.24) is 9.84 Å². The van der Waals surface area contributed by atoms with Gasteiger partial charge in [0.2, 0.25) is 6.04 Å². The summed E-state index contributed by atoms with van der Waals surface area (Å²) in [5.74, 6) is -0.946. The zero-order valence-electron chi connectivity index (χ0n) is 18.1. The van der Waals surface area contributed by atoms with Crippen molar-refractivity contribution in [3.05, 3.63) is 65.7 Å². The summed E-state index contributed by atoms with van der Waals surface area (Å²) in [6.07, 6.45) is 0. The number of nitrogens with zero attached hydrogens (tertiary/aromatic N) is 3. The molecule has 10 nitrogen and oxygen atoms in total. The van der Waals surface area contributed by atoms with Gasteiger partial charge in [-0.15, -0.1) is 0 Å². The molecule has 0 radical (unpaired) electrons. The van der Waals surface area contributed by atoms with Crippen LogP contribution in [0.2, 0.25) is 0 Å². The van der Waals surface area contributed by atoms with Crippen molar-refractivity contribution in [1.29, 1.82) is 0 Å². The molecule has 0 aliphatic carbocycles. The molecule has 0 aliphatic heterocycles. The molecule has 0 saturated carbocycles. The third-order valence-corrected chi connectivity index (χ3v) is 6.04. The fourth-order valence-electron chi connectivity index (χ4n) is 2.69. The minimum absolute atomic E-state index is 0.0859. The van der Waals surface area contributed by atoms with Crippen molar-refractivity contribution in [2.24, 2.45) is 15.9 Å². The second-order valence-electron chi connectivity index (χ2n) is 6.80. The average molecular weight is 460 g/mol. The van der Waals surface area contributed by atoms with Crippen molar-refractivity contribution >= 4 is 33.4 Å². The number of aryl methyl sites for hydroxylation is 1. The molecule has 0 heterocycles. The number of hydrogen-bond acceptors (Lipinski definition) is 7. The summed E-state index contributed by atoms with van der Waals surface area (Å²) in [6.45, 7) is 4.77. The lowest BCUT2D eigenvalue weighted by atomic mass is 10.1. The minimum atomic E-state index is -4.34. The Labute approximate surface area is 186 Å². The van der Waals surface area contributed by atoms with Crippen LogP contribution in [0.5, 0.6) is 0 Å². The van der Waals surface area contributed by atoms with Crippen molar-refractivity contribution in [3.63, 3.8) is 0 Å². The number of primary amides is 1. The van der Waals surface area contributed by atoms with Gasteiger partial charge >= 0.3 is 12.0 Å². The highest BCUT2D eigenvalue weighted by Gasteiger charge is 2.38. The standard InChI is InChI=1S/C21H25N5O5S/c1-14-10-12-18(13-11-14)32(29,30)26(25-15(2)17-8-6-5-7-9-17)19(20(27)31-4)16(3)23-24-21(22)28/h5-13,19H,1-4H3,(H3,22,24,28)/b23-16+,25-15+. The molecule has 2 aromatic carbocycles. The number of benzene rings is 2. The average Bonchev–Trinajstić information content (AvgIpc) is 2.77. The van der Waals surface area contributed by atoms with E-state index in [1.807, 2.05) is 12.3 Å². The number of amides is 2. The Bertz CT molecular complexity index is 1130. The predicted molar refractivity (Wildman–Crippen MR) is 120 cm³/mol. The number of hydrazone groups is 2. The molecule has 0 fully saturated rings. The smallest absolute Gasteiger partial charge is 0.337 e. The summed E-state index contributed by atoms with van der Waals surface area (Å²) in [5, 5.41) is 8.00. The molecule has 0 spiro atoms. The maximum atomic E-state index is 13.6. The number of rotatable bonds is 8. The van der Waals surface area contributed by atoms with Crippen LogP contribution in [0.25, 0.3) is 0 Å². The van der Waals surface area contributed by atoms with Crippen LogP contribution < -0.4 is 11.2 Å². The van der Waals surface area contributed by atoms with E-state index in [1.165, 1.54) is 19.1 Å². The van der Waals surface area contributed by atoms with E-state index in [9.17, 15) is 18.0 Å². The SMILES string of the molecule is COC(=O)C(/C(C)=N/NC(N)=O)N(/N=C(\C)c1ccccc1)S(=O)(=O)c1ccc(C)cc1. The Morgan fingerprint density at radius 2 is 1.66 bits per heavy atom. The Morgan fingerprint density at radius 1 is 1.06 bits per heavy atom. The lowest BCUT2D eigenvalue weighted by Crippen LogP contribution is -2.48. The molecule has 11 heteroatoms. The second-order valence-corrected chi connectivity index (χ2v) is 8.59. The summed E-state index contributed by atoms with van der Waals surface area (Å²) in [7, 11) is -3.23. The number of ether oxygens (including phenoxy) is 1. The third-order valence-electron chi connectivity index (χ3n) is 4.39. The maximum absolute atomic E-state index is 13.6. The lowest BCUT2D eigenvalue weighted by molar-refractivity contribution is -0.142. The Kier molecular flexibility index (Phi) is 8.08. The fourth-order valence-corrected chi connectivity index (χ4v) is 4.13. The topological polar surface area (TPSA) is 144 Å². The zero-order valence-corrected chi connectivity index (χ0v) is 19.0. The Balaban J connectivity index is 2.72. The van der Waals surface area contributed by atoms with Gasteiger partial charge in [0.25, 0.3) is 10.0 Å². The van der Waals surface area contributed by atoms with Crippen LogP contribution in [0.15, 0.2) is 69.7 Å². The molecular weight excluding hydrogens is 434 g/mol. The van der Waals surface area contributed by atoms with E-state index in [0.717, 1.165) is 12.7 Å². The van der Waals surface area contributed by atoms with E-state index in [2.05, 4.69) is 10.2 Å². The molecule has 2 rings (SSSR count). The van der Waals surface area contributed by atoms with Gasteiger partial charge in [-0.25, -0.2) is 15.0 Å². The van der Waals surface area contributed by atoms with E-state index < -0.39 is 28.1 Å². The van der Waals surface area contributed by atoms with E-state index >= 15 is 0 Å². The number of hydrogen-bond donors (Lipinski definition) is 2. The highest BCUT2D eigenvalue weighted by atomic mass is 32.2. The van der Waals surface area contributed by atoms with Crippen LogP contribution in [0.4, 0.5) is 4.79 Å². The first-order chi connectivity index (χ1) is 15.1.